The zero-order valence-corrected chi connectivity index (χ0v) is 10.6. The molecule has 0 rings (SSSR count). The Bertz CT molecular complexity index is 164. The molecule has 0 aliphatic carbocycles. The number of halogens is 1. The molecule has 16 heavy (non-hydrogen) atoms. The smallest absolute Gasteiger partial charge is 0.111 e. The number of rotatable bonds is 12. The third-order valence-corrected chi connectivity index (χ3v) is 1.70. The Morgan fingerprint density at radius 3 is 1.75 bits per heavy atom. The first-order valence-electron chi connectivity index (χ1n) is 5.35. The van der Waals surface area contributed by atoms with Gasteiger partial charge in [0.15, 0.2) is 0 Å². The van der Waals surface area contributed by atoms with Crippen molar-refractivity contribution in [3.63, 3.8) is 0 Å². The number of hydrogen-bond donors (Lipinski definition) is 0. The molecule has 0 heterocycles. The lowest BCUT2D eigenvalue weighted by atomic mass is 10.6. The van der Waals surface area contributed by atoms with Gasteiger partial charge in [0.2, 0.25) is 0 Å². The largest absolute Gasteiger partial charge is 0.496 e. The number of hydrogen-bond acceptors (Lipinski definition) is 4. The SMILES string of the molecule is C=C(C)OCCOCCOCCOCCCl. The van der Waals surface area contributed by atoms with Gasteiger partial charge in [-0.15, -0.1) is 11.6 Å². The Morgan fingerprint density at radius 2 is 1.31 bits per heavy atom. The van der Waals surface area contributed by atoms with Gasteiger partial charge in [0, 0.05) is 5.88 Å². The lowest BCUT2D eigenvalue weighted by Crippen LogP contribution is -2.12. The van der Waals surface area contributed by atoms with Crippen LogP contribution in [0.1, 0.15) is 6.92 Å². The summed E-state index contributed by atoms with van der Waals surface area (Å²) >= 11 is 5.43. The van der Waals surface area contributed by atoms with Crippen molar-refractivity contribution >= 4 is 11.6 Å². The van der Waals surface area contributed by atoms with Crippen LogP contribution < -0.4 is 0 Å². The summed E-state index contributed by atoms with van der Waals surface area (Å²) in [5.41, 5.74) is 0. The molecule has 0 bridgehead atoms. The number of allylic oxidation sites excluding steroid dienone is 1. The fourth-order valence-corrected chi connectivity index (χ4v) is 0.980. The minimum absolute atomic E-state index is 0.520. The lowest BCUT2D eigenvalue weighted by molar-refractivity contribution is 0.00697. The Morgan fingerprint density at radius 1 is 0.875 bits per heavy atom. The predicted molar refractivity (Wildman–Crippen MR) is 63.9 cm³/mol. The molecule has 4 nitrogen and oxygen atoms in total. The molecule has 0 unspecified atom stereocenters. The normalized spacial score (nSPS) is 10.4. The average Bonchev–Trinajstić information content (AvgIpc) is 2.25. The van der Waals surface area contributed by atoms with Crippen LogP contribution in [0.2, 0.25) is 0 Å². The second-order valence-electron chi connectivity index (χ2n) is 3.08. The van der Waals surface area contributed by atoms with Crippen LogP contribution in [0.5, 0.6) is 0 Å². The summed E-state index contributed by atoms with van der Waals surface area (Å²) < 4.78 is 20.8. The molecule has 0 aromatic carbocycles. The topological polar surface area (TPSA) is 36.9 Å². The monoisotopic (exact) mass is 252 g/mol. The van der Waals surface area contributed by atoms with E-state index in [4.69, 9.17) is 30.5 Å². The fourth-order valence-electron chi connectivity index (χ4n) is 0.871. The van der Waals surface area contributed by atoms with E-state index in [9.17, 15) is 0 Å². The van der Waals surface area contributed by atoms with Crippen molar-refractivity contribution in [2.75, 3.05) is 52.1 Å². The second-order valence-corrected chi connectivity index (χ2v) is 3.45. The van der Waals surface area contributed by atoms with Gasteiger partial charge >= 0.3 is 0 Å². The van der Waals surface area contributed by atoms with Gasteiger partial charge in [-0.05, 0) is 6.92 Å². The molecule has 0 spiro atoms. The first kappa shape index (κ1) is 15.7. The summed E-state index contributed by atoms with van der Waals surface area (Å²) in [5, 5.41) is 0. The van der Waals surface area contributed by atoms with Crippen LogP contribution in [-0.4, -0.2) is 52.1 Å². The van der Waals surface area contributed by atoms with Gasteiger partial charge in [-0.3, -0.25) is 0 Å². The molecule has 0 saturated carbocycles. The highest BCUT2D eigenvalue weighted by Crippen LogP contribution is 1.89. The second kappa shape index (κ2) is 12.8. The molecular formula is C11H21ClO4. The standard InChI is InChI=1S/C11H21ClO4/c1-11(2)16-10-9-15-8-7-14-6-5-13-4-3-12/h1,3-10H2,2H3. The van der Waals surface area contributed by atoms with Crippen molar-refractivity contribution in [3.8, 4) is 0 Å². The summed E-state index contributed by atoms with van der Waals surface area (Å²) in [7, 11) is 0. The highest BCUT2D eigenvalue weighted by atomic mass is 35.5. The number of ether oxygens (including phenoxy) is 4. The molecule has 0 amide bonds. The molecule has 0 atom stereocenters. The molecule has 96 valence electrons. The van der Waals surface area contributed by atoms with Crippen LogP contribution in [0.3, 0.4) is 0 Å². The van der Waals surface area contributed by atoms with Crippen molar-refractivity contribution in [1.29, 1.82) is 0 Å². The Labute approximate surface area is 102 Å². The van der Waals surface area contributed by atoms with Crippen LogP contribution in [0.15, 0.2) is 12.3 Å². The summed E-state index contributed by atoms with van der Waals surface area (Å²) in [4.78, 5) is 0. The molecule has 0 aromatic heterocycles. The predicted octanol–water partition coefficient (Wildman–Crippen LogP) is 1.83. The van der Waals surface area contributed by atoms with Gasteiger partial charge < -0.3 is 18.9 Å². The van der Waals surface area contributed by atoms with E-state index in [1.807, 2.05) is 6.92 Å². The molecule has 0 aliphatic rings. The molecule has 5 heteroatoms. The third kappa shape index (κ3) is 13.7. The van der Waals surface area contributed by atoms with Crippen LogP contribution >= 0.6 is 11.6 Å². The highest BCUT2D eigenvalue weighted by Gasteiger charge is 1.92. The maximum absolute atomic E-state index is 5.43. The molecule has 0 aliphatic heterocycles. The quantitative estimate of drug-likeness (QED) is 0.302. The zero-order valence-electron chi connectivity index (χ0n) is 9.87. The minimum atomic E-state index is 0.520. The molecule has 0 N–H and O–H groups in total. The Hall–Kier alpha value is -0.290. The van der Waals surface area contributed by atoms with E-state index in [2.05, 4.69) is 6.58 Å². The van der Waals surface area contributed by atoms with Crippen molar-refractivity contribution in [2.24, 2.45) is 0 Å². The Kier molecular flexibility index (Phi) is 12.5. The van der Waals surface area contributed by atoms with Gasteiger partial charge in [0.05, 0.1) is 45.4 Å². The van der Waals surface area contributed by atoms with Crippen molar-refractivity contribution in [3.05, 3.63) is 12.3 Å². The molecular weight excluding hydrogens is 232 g/mol. The van der Waals surface area contributed by atoms with Crippen molar-refractivity contribution in [1.82, 2.24) is 0 Å². The summed E-state index contributed by atoms with van der Waals surface area (Å²) in [6.07, 6.45) is 0. The maximum atomic E-state index is 5.43. The van der Waals surface area contributed by atoms with Gasteiger partial charge in [-0.25, -0.2) is 0 Å². The molecule has 0 aromatic rings. The van der Waals surface area contributed by atoms with E-state index in [1.165, 1.54) is 0 Å². The maximum Gasteiger partial charge on any atom is 0.111 e. The summed E-state index contributed by atoms with van der Waals surface area (Å²) in [6, 6.07) is 0. The summed E-state index contributed by atoms with van der Waals surface area (Å²) in [5.74, 6) is 1.22. The molecule has 0 radical (unpaired) electrons. The molecule has 0 saturated heterocycles. The van der Waals surface area contributed by atoms with Crippen LogP contribution in [0.4, 0.5) is 0 Å². The lowest BCUT2D eigenvalue weighted by Gasteiger charge is -2.07. The van der Waals surface area contributed by atoms with Crippen LogP contribution in [0, 0.1) is 0 Å². The first-order valence-corrected chi connectivity index (χ1v) is 5.88. The minimum Gasteiger partial charge on any atom is -0.496 e. The first-order chi connectivity index (χ1) is 7.77. The van der Waals surface area contributed by atoms with E-state index in [1.54, 1.807) is 0 Å². The van der Waals surface area contributed by atoms with Gasteiger partial charge in [0.25, 0.3) is 0 Å². The van der Waals surface area contributed by atoms with E-state index in [-0.39, 0.29) is 0 Å². The van der Waals surface area contributed by atoms with Crippen LogP contribution in [-0.2, 0) is 18.9 Å². The fraction of sp³-hybridized carbons (Fsp3) is 0.818. The zero-order chi connectivity index (χ0) is 12.1. The van der Waals surface area contributed by atoms with E-state index in [0.717, 1.165) is 0 Å². The van der Waals surface area contributed by atoms with Gasteiger partial charge in [0.1, 0.15) is 6.61 Å². The third-order valence-electron chi connectivity index (χ3n) is 1.54. The Balaban J connectivity index is 2.90. The molecule has 0 fully saturated rings. The number of alkyl halides is 1. The van der Waals surface area contributed by atoms with Gasteiger partial charge in [-0.1, -0.05) is 6.58 Å². The van der Waals surface area contributed by atoms with Crippen molar-refractivity contribution in [2.45, 2.75) is 6.92 Å². The van der Waals surface area contributed by atoms with E-state index >= 15 is 0 Å². The van der Waals surface area contributed by atoms with Crippen LogP contribution in [0.25, 0.3) is 0 Å². The van der Waals surface area contributed by atoms with Gasteiger partial charge in [-0.2, -0.15) is 0 Å². The summed E-state index contributed by atoms with van der Waals surface area (Å²) in [6.45, 7) is 9.36. The van der Waals surface area contributed by atoms with E-state index in [0.29, 0.717) is 57.9 Å². The van der Waals surface area contributed by atoms with Crippen molar-refractivity contribution < 1.29 is 18.9 Å². The van der Waals surface area contributed by atoms with E-state index < -0.39 is 0 Å². The highest BCUT2D eigenvalue weighted by molar-refractivity contribution is 6.17. The average molecular weight is 253 g/mol.